The van der Waals surface area contributed by atoms with Crippen molar-refractivity contribution in [3.63, 3.8) is 0 Å². The minimum absolute atomic E-state index is 0. The van der Waals surface area contributed by atoms with E-state index in [0.717, 1.165) is 0 Å². The number of hydrogen-bond acceptors (Lipinski definition) is 1. The zero-order valence-corrected chi connectivity index (χ0v) is 7.84. The number of rotatable bonds is 1. The first-order valence-electron chi connectivity index (χ1n) is 2.24. The van der Waals surface area contributed by atoms with Crippen LogP contribution in [0.1, 0.15) is 12.6 Å². The predicted octanol–water partition coefficient (Wildman–Crippen LogP) is 0.906. The summed E-state index contributed by atoms with van der Waals surface area (Å²) in [6.45, 7) is 1.35. The summed E-state index contributed by atoms with van der Waals surface area (Å²) in [5, 5.41) is 6.89. The van der Waals surface area contributed by atoms with Gasteiger partial charge in [0.2, 0.25) is 0 Å². The van der Waals surface area contributed by atoms with E-state index in [1.807, 2.05) is 0 Å². The Balaban J connectivity index is 0.000000640. The summed E-state index contributed by atoms with van der Waals surface area (Å²) in [4.78, 5) is 0. The van der Waals surface area contributed by atoms with E-state index in [0.29, 0.717) is 5.69 Å². The second-order valence-electron chi connectivity index (χ2n) is 1.45. The Morgan fingerprint density at radius 2 is 2.44 bits per heavy atom. The quantitative estimate of drug-likeness (QED) is 0.631. The maximum Gasteiger partial charge on any atom is 0 e. The maximum absolute atomic E-state index is 12.1. The van der Waals surface area contributed by atoms with E-state index in [4.69, 9.17) is 0 Å². The molecule has 1 heterocycles. The van der Waals surface area contributed by atoms with Crippen molar-refractivity contribution < 1.29 is 37.1 Å². The zero-order chi connectivity index (χ0) is 5.98. The number of hydrogen-bond donors (Lipinski definition) is 0. The van der Waals surface area contributed by atoms with Crippen LogP contribution in [-0.2, 0) is 32.7 Å². The van der Waals surface area contributed by atoms with Gasteiger partial charge in [0.05, 0.1) is 0 Å². The summed E-state index contributed by atoms with van der Waals surface area (Å²) in [6, 6.07) is 1.52. The van der Waals surface area contributed by atoms with Crippen molar-refractivity contribution in [3.8, 4) is 0 Å². The molecule has 0 aliphatic rings. The van der Waals surface area contributed by atoms with E-state index >= 15 is 0 Å². The first kappa shape index (κ1) is 9.11. The van der Waals surface area contributed by atoms with E-state index in [2.05, 4.69) is 10.2 Å². The zero-order valence-electron chi connectivity index (χ0n) is 5.00. The molecule has 0 saturated heterocycles. The SMILES string of the molecule is C[C-](F)c1cc[n-]n1.[Y]. The number of aromatic nitrogens is 2. The molecule has 9 heavy (non-hydrogen) atoms. The van der Waals surface area contributed by atoms with Gasteiger partial charge in [-0.3, -0.25) is 0 Å². The van der Waals surface area contributed by atoms with Crippen molar-refractivity contribution in [1.82, 2.24) is 10.2 Å². The molecule has 0 aromatic carbocycles. The van der Waals surface area contributed by atoms with Gasteiger partial charge in [-0.1, -0.05) is 12.6 Å². The summed E-state index contributed by atoms with van der Waals surface area (Å²) in [6.07, 6.45) is 1.17. The average Bonchev–Trinajstić information content (AvgIpc) is 2.12. The molecule has 0 amide bonds. The third-order valence-electron chi connectivity index (χ3n) is 0.817. The average molecular weight is 201 g/mol. The second-order valence-corrected chi connectivity index (χ2v) is 1.45. The topological polar surface area (TPSA) is 27.0 Å². The molecule has 1 aromatic heterocycles. The van der Waals surface area contributed by atoms with Crippen LogP contribution in [0.5, 0.6) is 0 Å². The Morgan fingerprint density at radius 3 is 2.67 bits per heavy atom. The van der Waals surface area contributed by atoms with Gasteiger partial charge in [-0.25, -0.2) is 12.3 Å². The van der Waals surface area contributed by atoms with Gasteiger partial charge in [0, 0.05) is 32.7 Å². The van der Waals surface area contributed by atoms with Crippen LogP contribution in [-0.4, -0.2) is 5.10 Å². The summed E-state index contributed by atoms with van der Waals surface area (Å²) < 4.78 is 12.1. The maximum atomic E-state index is 12.1. The molecule has 1 radical (unpaired) electrons. The molecule has 1 rings (SSSR count). The summed E-state index contributed by atoms with van der Waals surface area (Å²) in [5.74, 6) is 0. The van der Waals surface area contributed by atoms with Crippen molar-refractivity contribution in [2.75, 3.05) is 0 Å². The molecule has 4 heteroatoms. The summed E-state index contributed by atoms with van der Waals surface area (Å²) in [7, 11) is 0. The first-order valence-corrected chi connectivity index (χ1v) is 2.24. The van der Waals surface area contributed by atoms with E-state index in [1.165, 1.54) is 19.2 Å². The van der Waals surface area contributed by atoms with Crippen LogP contribution in [0, 0.1) is 6.17 Å². The van der Waals surface area contributed by atoms with Crippen molar-refractivity contribution in [2.45, 2.75) is 6.92 Å². The van der Waals surface area contributed by atoms with E-state index in [-0.39, 0.29) is 38.9 Å². The Kier molecular flexibility index (Phi) is 4.07. The minimum atomic E-state index is -0.289. The molecule has 0 atom stereocenters. The van der Waals surface area contributed by atoms with Gasteiger partial charge in [0.25, 0.3) is 0 Å². The third-order valence-corrected chi connectivity index (χ3v) is 0.817. The molecule has 1 aromatic rings. The van der Waals surface area contributed by atoms with Crippen molar-refractivity contribution in [1.29, 1.82) is 0 Å². The van der Waals surface area contributed by atoms with E-state index < -0.39 is 0 Å². The van der Waals surface area contributed by atoms with Crippen LogP contribution in [0.25, 0.3) is 0 Å². The molecule has 0 spiro atoms. The third kappa shape index (κ3) is 2.46. The predicted molar refractivity (Wildman–Crippen MR) is 26.7 cm³/mol. The molecule has 0 N–H and O–H groups in total. The summed E-state index contributed by atoms with van der Waals surface area (Å²) >= 11 is 0. The van der Waals surface area contributed by atoms with Crippen molar-refractivity contribution in [2.24, 2.45) is 0 Å². The van der Waals surface area contributed by atoms with Gasteiger partial charge in [0.15, 0.2) is 0 Å². The molecular formula is C5H5FN2Y-2. The number of halogens is 1. The molecular weight excluding hydrogens is 196 g/mol. The largest absolute Gasteiger partial charge is 0.599 e. The summed E-state index contributed by atoms with van der Waals surface area (Å²) in [5.41, 5.74) is 0.324. The molecule has 0 aliphatic carbocycles. The Bertz CT molecular complexity index is 150. The number of nitrogens with zero attached hydrogens (tertiary/aromatic N) is 2. The molecule has 0 unspecified atom stereocenters. The van der Waals surface area contributed by atoms with Crippen LogP contribution in [0.4, 0.5) is 4.39 Å². The van der Waals surface area contributed by atoms with E-state index in [1.54, 1.807) is 0 Å². The van der Waals surface area contributed by atoms with Crippen LogP contribution in [0.15, 0.2) is 12.3 Å². The molecule has 0 fully saturated rings. The second kappa shape index (κ2) is 4.01. The van der Waals surface area contributed by atoms with Gasteiger partial charge < -0.3 is 14.6 Å². The first-order chi connectivity index (χ1) is 3.80. The minimum Gasteiger partial charge on any atom is -0.599 e. The Labute approximate surface area is 78.1 Å². The van der Waals surface area contributed by atoms with Crippen LogP contribution >= 0.6 is 0 Å². The van der Waals surface area contributed by atoms with Gasteiger partial charge in [-0.05, 0) is 6.17 Å². The van der Waals surface area contributed by atoms with Crippen molar-refractivity contribution in [3.05, 3.63) is 24.1 Å². The monoisotopic (exact) mass is 201 g/mol. The normalized spacial score (nSPS) is 8.22. The van der Waals surface area contributed by atoms with Gasteiger partial charge in [0.1, 0.15) is 0 Å². The standard InChI is InChI=1S/C5H5FN2.Y/c1-4(6)5-2-3-7-8-5;/h2-3H,1H3;/q-2;. The molecule has 0 saturated carbocycles. The van der Waals surface area contributed by atoms with E-state index in [9.17, 15) is 4.39 Å². The van der Waals surface area contributed by atoms with Crippen molar-refractivity contribution >= 4 is 0 Å². The molecule has 0 aliphatic heterocycles. The van der Waals surface area contributed by atoms with Crippen LogP contribution in [0.2, 0.25) is 0 Å². The smallest absolute Gasteiger partial charge is 0 e. The van der Waals surface area contributed by atoms with Crippen LogP contribution < -0.4 is 5.10 Å². The molecule has 2 nitrogen and oxygen atoms in total. The molecule has 47 valence electrons. The fraction of sp³-hybridized carbons (Fsp3) is 0.200. The van der Waals surface area contributed by atoms with Gasteiger partial charge in [-0.15, -0.1) is 0 Å². The Morgan fingerprint density at radius 1 is 1.78 bits per heavy atom. The van der Waals surface area contributed by atoms with Crippen LogP contribution in [0.3, 0.4) is 0 Å². The fourth-order valence-corrected chi connectivity index (χ4v) is 0.417. The Hall–Kier alpha value is 0.114. The van der Waals surface area contributed by atoms with Gasteiger partial charge in [-0.2, -0.15) is 0 Å². The molecule has 0 bridgehead atoms. The fourth-order valence-electron chi connectivity index (χ4n) is 0.417. The van der Waals surface area contributed by atoms with Gasteiger partial charge >= 0.3 is 0 Å².